The summed E-state index contributed by atoms with van der Waals surface area (Å²) in [6, 6.07) is 0. The molecule has 0 radical (unpaired) electrons. The Hall–Kier alpha value is -0.170. The van der Waals surface area contributed by atoms with Gasteiger partial charge in [0, 0.05) is 5.54 Å². The van der Waals surface area contributed by atoms with Crippen LogP contribution in [-0.2, 0) is 10.2 Å². The number of hydrogen-bond acceptors (Lipinski definition) is 3. The van der Waals surface area contributed by atoms with Crippen molar-refractivity contribution in [1.29, 1.82) is 0 Å². The van der Waals surface area contributed by atoms with Crippen molar-refractivity contribution in [3.63, 3.8) is 0 Å². The van der Waals surface area contributed by atoms with Gasteiger partial charge in [0.05, 0.1) is 12.1 Å². The van der Waals surface area contributed by atoms with Gasteiger partial charge in [0.1, 0.15) is 0 Å². The quantitative estimate of drug-likeness (QED) is 0.722. The van der Waals surface area contributed by atoms with Crippen LogP contribution in [0.1, 0.15) is 53.4 Å². The van der Waals surface area contributed by atoms with Gasteiger partial charge >= 0.3 is 0 Å². The van der Waals surface area contributed by atoms with Gasteiger partial charge in [-0.25, -0.2) is 0 Å². The SMILES string of the molecule is CC1CCC(CO)(NS(=O)(=O)NC(C)(C)C)CC1. The monoisotopic (exact) mass is 278 g/mol. The summed E-state index contributed by atoms with van der Waals surface area (Å²) in [5.74, 6) is 0.602. The van der Waals surface area contributed by atoms with Crippen LogP contribution in [0.25, 0.3) is 0 Å². The third kappa shape index (κ3) is 4.84. The van der Waals surface area contributed by atoms with Crippen LogP contribution in [0.5, 0.6) is 0 Å². The predicted octanol–water partition coefficient (Wildman–Crippen LogP) is 1.15. The molecule has 0 aromatic rings. The van der Waals surface area contributed by atoms with Gasteiger partial charge in [0.25, 0.3) is 10.2 Å². The van der Waals surface area contributed by atoms with Crippen molar-refractivity contribution in [2.24, 2.45) is 5.92 Å². The highest BCUT2D eigenvalue weighted by atomic mass is 32.2. The summed E-state index contributed by atoms with van der Waals surface area (Å²) in [7, 11) is -3.59. The Morgan fingerprint density at radius 3 is 2.17 bits per heavy atom. The third-order valence-corrected chi connectivity index (χ3v) is 4.91. The van der Waals surface area contributed by atoms with E-state index in [0.717, 1.165) is 12.8 Å². The first-order valence-corrected chi connectivity index (χ1v) is 8.00. The van der Waals surface area contributed by atoms with E-state index in [2.05, 4.69) is 16.4 Å². The molecule has 3 N–H and O–H groups in total. The molecule has 1 rings (SSSR count). The van der Waals surface area contributed by atoms with Gasteiger partial charge in [-0.15, -0.1) is 0 Å². The maximum absolute atomic E-state index is 12.0. The van der Waals surface area contributed by atoms with Crippen LogP contribution in [0.3, 0.4) is 0 Å². The Morgan fingerprint density at radius 2 is 1.78 bits per heavy atom. The van der Waals surface area contributed by atoms with Crippen molar-refractivity contribution in [1.82, 2.24) is 9.44 Å². The van der Waals surface area contributed by atoms with E-state index in [1.807, 2.05) is 0 Å². The Bertz CT molecular complexity index is 365. The lowest BCUT2D eigenvalue weighted by Gasteiger charge is -2.39. The lowest BCUT2D eigenvalue weighted by atomic mass is 9.78. The topological polar surface area (TPSA) is 78.4 Å². The Balaban J connectivity index is 2.74. The summed E-state index contributed by atoms with van der Waals surface area (Å²) in [5.41, 5.74) is -1.21. The second-order valence-electron chi connectivity index (χ2n) is 6.58. The van der Waals surface area contributed by atoms with Crippen LogP contribution in [-0.4, -0.2) is 31.2 Å². The first-order chi connectivity index (χ1) is 8.08. The van der Waals surface area contributed by atoms with Gasteiger partial charge in [-0.05, 0) is 52.4 Å². The van der Waals surface area contributed by atoms with Crippen LogP contribution >= 0.6 is 0 Å². The smallest absolute Gasteiger partial charge is 0.277 e. The molecular formula is C12H26N2O3S. The van der Waals surface area contributed by atoms with Crippen molar-refractivity contribution < 1.29 is 13.5 Å². The van der Waals surface area contributed by atoms with Crippen molar-refractivity contribution in [3.8, 4) is 0 Å². The van der Waals surface area contributed by atoms with Crippen molar-refractivity contribution >= 4 is 10.2 Å². The van der Waals surface area contributed by atoms with E-state index in [1.54, 1.807) is 20.8 Å². The summed E-state index contributed by atoms with van der Waals surface area (Å²) in [4.78, 5) is 0. The molecule has 5 nitrogen and oxygen atoms in total. The zero-order valence-corrected chi connectivity index (χ0v) is 12.6. The molecule has 0 aliphatic heterocycles. The molecule has 0 bridgehead atoms. The largest absolute Gasteiger partial charge is 0.394 e. The summed E-state index contributed by atoms with van der Waals surface area (Å²) in [6.07, 6.45) is 3.27. The minimum Gasteiger partial charge on any atom is -0.394 e. The second-order valence-corrected chi connectivity index (χ2v) is 7.99. The Labute approximate surface area is 111 Å². The van der Waals surface area contributed by atoms with E-state index < -0.39 is 21.3 Å². The molecule has 0 amide bonds. The van der Waals surface area contributed by atoms with Crippen LogP contribution in [0.2, 0.25) is 0 Å². The summed E-state index contributed by atoms with van der Waals surface area (Å²) in [5, 5.41) is 9.53. The normalized spacial score (nSPS) is 30.4. The molecule has 0 aromatic carbocycles. The molecule has 0 saturated heterocycles. The minimum atomic E-state index is -3.59. The van der Waals surface area contributed by atoms with Crippen LogP contribution in [0.4, 0.5) is 0 Å². The number of aliphatic hydroxyl groups is 1. The van der Waals surface area contributed by atoms with Crippen molar-refractivity contribution in [2.75, 3.05) is 6.61 Å². The molecular weight excluding hydrogens is 252 g/mol. The molecule has 1 aliphatic carbocycles. The minimum absolute atomic E-state index is 0.148. The molecule has 1 saturated carbocycles. The van der Waals surface area contributed by atoms with Crippen LogP contribution < -0.4 is 9.44 Å². The fourth-order valence-corrected chi connectivity index (χ4v) is 4.02. The fourth-order valence-electron chi connectivity index (χ4n) is 2.32. The van der Waals surface area contributed by atoms with E-state index in [0.29, 0.717) is 18.8 Å². The summed E-state index contributed by atoms with van der Waals surface area (Å²) < 4.78 is 29.3. The van der Waals surface area contributed by atoms with Gasteiger partial charge in [0.2, 0.25) is 0 Å². The van der Waals surface area contributed by atoms with E-state index in [1.165, 1.54) is 0 Å². The lowest BCUT2D eigenvalue weighted by molar-refractivity contribution is 0.125. The first-order valence-electron chi connectivity index (χ1n) is 6.51. The van der Waals surface area contributed by atoms with E-state index in [9.17, 15) is 13.5 Å². The van der Waals surface area contributed by atoms with Gasteiger partial charge in [-0.3, -0.25) is 0 Å². The molecule has 108 valence electrons. The molecule has 0 atom stereocenters. The molecule has 0 spiro atoms. The maximum atomic E-state index is 12.0. The highest BCUT2D eigenvalue weighted by Gasteiger charge is 2.38. The molecule has 0 aromatic heterocycles. The second kappa shape index (κ2) is 5.45. The molecule has 0 unspecified atom stereocenters. The van der Waals surface area contributed by atoms with E-state index in [4.69, 9.17) is 0 Å². The molecule has 1 fully saturated rings. The van der Waals surface area contributed by atoms with Gasteiger partial charge in [0.15, 0.2) is 0 Å². The lowest BCUT2D eigenvalue weighted by Crippen LogP contribution is -2.58. The number of hydrogen-bond donors (Lipinski definition) is 3. The average molecular weight is 278 g/mol. The van der Waals surface area contributed by atoms with Gasteiger partial charge in [-0.2, -0.15) is 17.9 Å². The Morgan fingerprint density at radius 1 is 1.28 bits per heavy atom. The summed E-state index contributed by atoms with van der Waals surface area (Å²) in [6.45, 7) is 7.39. The highest BCUT2D eigenvalue weighted by molar-refractivity contribution is 7.87. The zero-order chi connectivity index (χ0) is 14.0. The standard InChI is InChI=1S/C12H26N2O3S/c1-10-5-7-12(9-15,8-6-10)14-18(16,17)13-11(2,3)4/h10,13-15H,5-9H2,1-4H3. The van der Waals surface area contributed by atoms with E-state index in [-0.39, 0.29) is 6.61 Å². The van der Waals surface area contributed by atoms with Crippen molar-refractivity contribution in [2.45, 2.75) is 64.5 Å². The zero-order valence-electron chi connectivity index (χ0n) is 11.8. The first kappa shape index (κ1) is 15.9. The number of rotatable bonds is 4. The number of aliphatic hydroxyl groups excluding tert-OH is 1. The molecule has 0 heterocycles. The third-order valence-electron chi connectivity index (χ3n) is 3.33. The molecule has 6 heteroatoms. The fraction of sp³-hybridized carbons (Fsp3) is 1.00. The predicted molar refractivity (Wildman–Crippen MR) is 72.4 cm³/mol. The molecule has 1 aliphatic rings. The molecule has 18 heavy (non-hydrogen) atoms. The average Bonchev–Trinajstić information content (AvgIpc) is 2.18. The van der Waals surface area contributed by atoms with Crippen LogP contribution in [0, 0.1) is 5.92 Å². The van der Waals surface area contributed by atoms with Gasteiger partial charge < -0.3 is 5.11 Å². The highest BCUT2D eigenvalue weighted by Crippen LogP contribution is 2.32. The number of nitrogens with one attached hydrogen (secondary N) is 2. The summed E-state index contributed by atoms with van der Waals surface area (Å²) >= 11 is 0. The van der Waals surface area contributed by atoms with E-state index >= 15 is 0 Å². The van der Waals surface area contributed by atoms with Gasteiger partial charge in [-0.1, -0.05) is 6.92 Å². The Kier molecular flexibility index (Phi) is 4.81. The maximum Gasteiger partial charge on any atom is 0.277 e. The van der Waals surface area contributed by atoms with Crippen LogP contribution in [0.15, 0.2) is 0 Å². The van der Waals surface area contributed by atoms with Crippen molar-refractivity contribution in [3.05, 3.63) is 0 Å².